The zero-order chi connectivity index (χ0) is 17.4. The van der Waals surface area contributed by atoms with Crippen LogP contribution in [0.25, 0.3) is 6.08 Å². The Kier molecular flexibility index (Phi) is 3.96. The number of phenolic OH excluding ortho intramolecular Hbond substituents is 1. The smallest absolute Gasteiger partial charge is 0.348 e. The van der Waals surface area contributed by atoms with Gasteiger partial charge in [-0.3, -0.25) is 10.1 Å². The van der Waals surface area contributed by atoms with Crippen molar-refractivity contribution in [1.82, 2.24) is 0 Å². The van der Waals surface area contributed by atoms with Crippen molar-refractivity contribution in [2.45, 2.75) is 19.6 Å². The number of aromatic hydroxyl groups is 1. The lowest BCUT2D eigenvalue weighted by Crippen LogP contribution is -2.41. The molecule has 122 valence electrons. The molecule has 1 aromatic carbocycles. The molecule has 0 spiro atoms. The van der Waals surface area contributed by atoms with Crippen molar-refractivity contribution in [1.29, 1.82) is 0 Å². The van der Waals surface area contributed by atoms with Crippen LogP contribution in [0.15, 0.2) is 17.7 Å². The second-order valence-electron chi connectivity index (χ2n) is 5.09. The lowest BCUT2D eigenvalue weighted by molar-refractivity contribution is -0.385. The highest BCUT2D eigenvalue weighted by molar-refractivity contribution is 6.18. The van der Waals surface area contributed by atoms with Gasteiger partial charge in [0.2, 0.25) is 5.75 Å². The molecule has 23 heavy (non-hydrogen) atoms. The summed E-state index contributed by atoms with van der Waals surface area (Å²) >= 11 is 0. The molecule has 0 unspecified atom stereocenters. The molecule has 1 saturated heterocycles. The number of hydrogen-bond acceptors (Lipinski definition) is 8. The summed E-state index contributed by atoms with van der Waals surface area (Å²) in [4.78, 5) is 33.9. The zero-order valence-electron chi connectivity index (χ0n) is 12.5. The fraction of sp³-hybridized carbons (Fsp3) is 0.286. The van der Waals surface area contributed by atoms with E-state index in [1.807, 2.05) is 0 Å². The molecule has 0 radical (unpaired) electrons. The van der Waals surface area contributed by atoms with Crippen LogP contribution in [-0.2, 0) is 19.1 Å². The molecule has 9 nitrogen and oxygen atoms in total. The second kappa shape index (κ2) is 5.59. The number of ether oxygens (including phenoxy) is 3. The van der Waals surface area contributed by atoms with Crippen molar-refractivity contribution in [3.05, 3.63) is 33.4 Å². The number of methoxy groups -OCH3 is 1. The van der Waals surface area contributed by atoms with Crippen LogP contribution in [0.1, 0.15) is 19.4 Å². The van der Waals surface area contributed by atoms with Gasteiger partial charge < -0.3 is 19.3 Å². The first kappa shape index (κ1) is 16.3. The van der Waals surface area contributed by atoms with E-state index in [1.165, 1.54) is 13.8 Å². The molecule has 1 fully saturated rings. The van der Waals surface area contributed by atoms with Crippen LogP contribution in [0.5, 0.6) is 11.5 Å². The van der Waals surface area contributed by atoms with Crippen molar-refractivity contribution in [2.75, 3.05) is 7.11 Å². The third-order valence-electron chi connectivity index (χ3n) is 2.90. The molecule has 0 aliphatic carbocycles. The number of carbonyl (C=O) groups is 2. The van der Waals surface area contributed by atoms with Crippen molar-refractivity contribution in [2.24, 2.45) is 0 Å². The maximum atomic E-state index is 11.8. The average molecular weight is 323 g/mol. The molecule has 2 rings (SSSR count). The van der Waals surface area contributed by atoms with E-state index in [2.05, 4.69) is 0 Å². The van der Waals surface area contributed by atoms with Crippen LogP contribution in [0.4, 0.5) is 5.69 Å². The van der Waals surface area contributed by atoms with Crippen molar-refractivity contribution in [3.8, 4) is 11.5 Å². The number of carbonyl (C=O) groups excluding carboxylic acids is 2. The Morgan fingerprint density at radius 1 is 1.26 bits per heavy atom. The number of cyclic esters (lactones) is 2. The summed E-state index contributed by atoms with van der Waals surface area (Å²) in [6, 6.07) is 2.16. The van der Waals surface area contributed by atoms with E-state index >= 15 is 0 Å². The molecule has 0 saturated carbocycles. The summed E-state index contributed by atoms with van der Waals surface area (Å²) in [5.41, 5.74) is -0.918. The van der Waals surface area contributed by atoms with E-state index in [-0.39, 0.29) is 11.3 Å². The summed E-state index contributed by atoms with van der Waals surface area (Å²) in [6.07, 6.45) is 1.03. The van der Waals surface area contributed by atoms with Gasteiger partial charge in [0.1, 0.15) is 5.57 Å². The number of nitro benzene ring substituents is 1. The fourth-order valence-electron chi connectivity index (χ4n) is 1.99. The van der Waals surface area contributed by atoms with Gasteiger partial charge in [0, 0.05) is 19.9 Å². The van der Waals surface area contributed by atoms with Crippen LogP contribution in [-0.4, -0.2) is 34.9 Å². The Morgan fingerprint density at radius 2 is 1.83 bits per heavy atom. The first-order valence-corrected chi connectivity index (χ1v) is 6.38. The number of rotatable bonds is 3. The van der Waals surface area contributed by atoms with Gasteiger partial charge in [0.25, 0.3) is 5.79 Å². The summed E-state index contributed by atoms with van der Waals surface area (Å²) in [5, 5.41) is 20.8. The molecule has 0 aromatic heterocycles. The number of benzene rings is 1. The quantitative estimate of drug-likeness (QED) is 0.292. The fourth-order valence-corrected chi connectivity index (χ4v) is 1.99. The van der Waals surface area contributed by atoms with Crippen LogP contribution in [0, 0.1) is 10.1 Å². The van der Waals surface area contributed by atoms with E-state index in [9.17, 15) is 24.8 Å². The van der Waals surface area contributed by atoms with E-state index in [4.69, 9.17) is 14.2 Å². The largest absolute Gasteiger partial charge is 0.504 e. The minimum Gasteiger partial charge on any atom is -0.504 e. The normalized spacial score (nSPS) is 16.4. The van der Waals surface area contributed by atoms with Gasteiger partial charge in [0.15, 0.2) is 5.75 Å². The Bertz CT molecular complexity index is 713. The number of phenols is 1. The van der Waals surface area contributed by atoms with Crippen LogP contribution >= 0.6 is 0 Å². The van der Waals surface area contributed by atoms with Crippen LogP contribution in [0.3, 0.4) is 0 Å². The molecular weight excluding hydrogens is 310 g/mol. The van der Waals surface area contributed by atoms with E-state index < -0.39 is 39.7 Å². The first-order chi connectivity index (χ1) is 10.6. The molecule has 1 aromatic rings. The molecule has 0 bridgehead atoms. The third-order valence-corrected chi connectivity index (χ3v) is 2.90. The van der Waals surface area contributed by atoms with E-state index in [0.717, 1.165) is 25.3 Å². The summed E-state index contributed by atoms with van der Waals surface area (Å²) in [5.74, 6) is -4.08. The Labute approximate surface area is 130 Å². The predicted octanol–water partition coefficient (Wildman–Crippen LogP) is 1.53. The predicted molar refractivity (Wildman–Crippen MR) is 75.6 cm³/mol. The Hall–Kier alpha value is -3.10. The van der Waals surface area contributed by atoms with Gasteiger partial charge in [0.05, 0.1) is 12.0 Å². The second-order valence-corrected chi connectivity index (χ2v) is 5.09. The van der Waals surface area contributed by atoms with Crippen molar-refractivity contribution in [3.63, 3.8) is 0 Å². The SMILES string of the molecule is COc1c(O)cc(C=C2C(=O)OC(C)(C)OC2=O)cc1[N+](=O)[O-]. The molecule has 1 aliphatic rings. The molecule has 1 aliphatic heterocycles. The first-order valence-electron chi connectivity index (χ1n) is 6.38. The highest BCUT2D eigenvalue weighted by Crippen LogP contribution is 2.38. The Balaban J connectivity index is 2.49. The van der Waals surface area contributed by atoms with Crippen LogP contribution < -0.4 is 4.74 Å². The standard InChI is InChI=1S/C14H13NO8/c1-14(2)22-12(17)8(13(18)23-14)4-7-5-9(15(19)20)11(21-3)10(16)6-7/h4-6,16H,1-3H3. The molecule has 1 heterocycles. The number of nitro groups is 1. The molecule has 9 heteroatoms. The summed E-state index contributed by atoms with van der Waals surface area (Å²) < 4.78 is 14.6. The maximum absolute atomic E-state index is 11.8. The topological polar surface area (TPSA) is 125 Å². The average Bonchev–Trinajstić information content (AvgIpc) is 2.41. The Morgan fingerprint density at radius 3 is 2.30 bits per heavy atom. The maximum Gasteiger partial charge on any atom is 0.348 e. The van der Waals surface area contributed by atoms with Gasteiger partial charge >= 0.3 is 17.6 Å². The van der Waals surface area contributed by atoms with Gasteiger partial charge in [-0.25, -0.2) is 9.59 Å². The van der Waals surface area contributed by atoms with Gasteiger partial charge in [-0.2, -0.15) is 0 Å². The highest BCUT2D eigenvalue weighted by Gasteiger charge is 2.39. The van der Waals surface area contributed by atoms with Gasteiger partial charge in [-0.05, 0) is 17.7 Å². The van der Waals surface area contributed by atoms with E-state index in [1.54, 1.807) is 0 Å². The van der Waals surface area contributed by atoms with Crippen molar-refractivity contribution >= 4 is 23.7 Å². The number of hydrogen-bond donors (Lipinski definition) is 1. The molecular formula is C14H13NO8. The summed E-state index contributed by atoms with van der Waals surface area (Å²) in [7, 11) is 1.16. The minimum atomic E-state index is -1.39. The highest BCUT2D eigenvalue weighted by atomic mass is 16.7. The van der Waals surface area contributed by atoms with Crippen molar-refractivity contribution < 1.29 is 33.8 Å². The van der Waals surface area contributed by atoms with Gasteiger partial charge in [-0.15, -0.1) is 0 Å². The third kappa shape index (κ3) is 3.23. The lowest BCUT2D eigenvalue weighted by atomic mass is 10.1. The number of esters is 2. The zero-order valence-corrected chi connectivity index (χ0v) is 12.5. The molecule has 0 amide bonds. The van der Waals surface area contributed by atoms with Gasteiger partial charge in [-0.1, -0.05) is 0 Å². The molecule has 0 atom stereocenters. The number of nitrogens with zero attached hydrogens (tertiary/aromatic N) is 1. The minimum absolute atomic E-state index is 0.0404. The van der Waals surface area contributed by atoms with Crippen LogP contribution in [0.2, 0.25) is 0 Å². The summed E-state index contributed by atoms with van der Waals surface area (Å²) in [6.45, 7) is 2.78. The van der Waals surface area contributed by atoms with E-state index in [0.29, 0.717) is 0 Å². The molecule has 1 N–H and O–H groups in total. The monoisotopic (exact) mass is 323 g/mol. The lowest BCUT2D eigenvalue weighted by Gasteiger charge is -2.29.